The number of aryl methyl sites for hydroxylation is 1. The molecule has 9 heteroatoms. The fourth-order valence-electron chi connectivity index (χ4n) is 4.82. The van der Waals surface area contributed by atoms with E-state index in [1.807, 2.05) is 61.5 Å². The Morgan fingerprint density at radius 3 is 2.49 bits per heavy atom. The van der Waals surface area contributed by atoms with E-state index < -0.39 is 5.54 Å². The number of aromatic nitrogens is 2. The normalized spacial score (nSPS) is 16.5. The molecule has 0 spiro atoms. The molecule has 2 heterocycles. The topological polar surface area (TPSA) is 85.7 Å². The van der Waals surface area contributed by atoms with Gasteiger partial charge in [-0.25, -0.2) is 0 Å². The number of amides is 2. The van der Waals surface area contributed by atoms with E-state index in [4.69, 9.17) is 26.2 Å². The van der Waals surface area contributed by atoms with Crippen LogP contribution >= 0.6 is 11.6 Å². The highest BCUT2D eigenvalue weighted by molar-refractivity contribution is 6.31. The molecule has 1 aromatic heterocycles. The molecule has 39 heavy (non-hydrogen) atoms. The first-order valence-electron chi connectivity index (χ1n) is 12.5. The number of hydrogen-bond donors (Lipinski definition) is 1. The second-order valence-corrected chi connectivity index (χ2v) is 10.1. The second kappa shape index (κ2) is 10.5. The van der Waals surface area contributed by atoms with Gasteiger partial charge in [-0.15, -0.1) is 0 Å². The summed E-state index contributed by atoms with van der Waals surface area (Å²) in [5.41, 5.74) is 2.77. The first-order chi connectivity index (χ1) is 18.7. The van der Waals surface area contributed by atoms with Gasteiger partial charge in [-0.2, -0.15) is 5.10 Å². The number of rotatable bonds is 7. The number of fused-ring (bicyclic) bond motifs is 1. The first kappa shape index (κ1) is 26.3. The number of nitrogens with one attached hydrogen (secondary N) is 1. The van der Waals surface area contributed by atoms with Crippen molar-refractivity contribution in [3.63, 3.8) is 0 Å². The lowest BCUT2D eigenvalue weighted by Crippen LogP contribution is -2.64. The maximum absolute atomic E-state index is 14.1. The van der Waals surface area contributed by atoms with E-state index >= 15 is 0 Å². The summed E-state index contributed by atoms with van der Waals surface area (Å²) < 4.78 is 12.3. The van der Waals surface area contributed by atoms with Crippen LogP contribution in [0.5, 0.6) is 11.5 Å². The summed E-state index contributed by atoms with van der Waals surface area (Å²) in [6.45, 7) is 4.01. The van der Waals surface area contributed by atoms with E-state index in [0.29, 0.717) is 27.8 Å². The smallest absolute Gasteiger partial charge is 0.277 e. The van der Waals surface area contributed by atoms with Gasteiger partial charge in [0.25, 0.3) is 5.91 Å². The molecular weight excluding hydrogens is 516 g/mol. The third-order valence-corrected chi connectivity index (χ3v) is 7.48. The van der Waals surface area contributed by atoms with Crippen LogP contribution in [0.2, 0.25) is 5.02 Å². The molecule has 200 valence electrons. The van der Waals surface area contributed by atoms with Crippen molar-refractivity contribution in [3.8, 4) is 22.8 Å². The van der Waals surface area contributed by atoms with Gasteiger partial charge < -0.3 is 14.8 Å². The van der Waals surface area contributed by atoms with Gasteiger partial charge >= 0.3 is 0 Å². The summed E-state index contributed by atoms with van der Waals surface area (Å²) in [6.07, 6.45) is 0. The van der Waals surface area contributed by atoms with E-state index in [0.717, 1.165) is 22.4 Å². The number of carbonyl (C=O) groups is 2. The van der Waals surface area contributed by atoms with Gasteiger partial charge in [-0.3, -0.25) is 19.2 Å². The number of ether oxygens (including phenoxy) is 2. The Kier molecular flexibility index (Phi) is 7.06. The molecule has 4 aromatic rings. The van der Waals surface area contributed by atoms with Crippen LogP contribution in [0.3, 0.4) is 0 Å². The molecule has 8 nitrogen and oxygen atoms in total. The predicted octanol–water partition coefficient (Wildman–Crippen LogP) is 5.26. The maximum Gasteiger partial charge on any atom is 0.277 e. The summed E-state index contributed by atoms with van der Waals surface area (Å²) in [7, 11) is 3.19. The molecule has 5 rings (SSSR count). The lowest BCUT2D eigenvalue weighted by atomic mass is 9.93. The summed E-state index contributed by atoms with van der Waals surface area (Å²) in [5, 5.41) is 8.23. The molecule has 0 saturated carbocycles. The third kappa shape index (κ3) is 4.83. The molecule has 0 saturated heterocycles. The molecule has 0 aliphatic carbocycles. The maximum atomic E-state index is 14.1. The number of para-hydroxylation sites is 1. The highest BCUT2D eigenvalue weighted by Crippen LogP contribution is 2.36. The number of methoxy groups -OCH3 is 2. The minimum atomic E-state index is -1.30. The summed E-state index contributed by atoms with van der Waals surface area (Å²) in [6, 6.07) is 22.0. The fraction of sp³-hybridized carbons (Fsp3) is 0.233. The van der Waals surface area contributed by atoms with Crippen LogP contribution in [-0.2, 0) is 17.9 Å². The van der Waals surface area contributed by atoms with Crippen LogP contribution in [0, 0.1) is 6.92 Å². The Balaban J connectivity index is 1.54. The van der Waals surface area contributed by atoms with Gasteiger partial charge in [0.15, 0.2) is 0 Å². The zero-order valence-electron chi connectivity index (χ0n) is 22.2. The molecule has 1 atom stereocenters. The van der Waals surface area contributed by atoms with Crippen molar-refractivity contribution in [2.45, 2.75) is 32.5 Å². The predicted molar refractivity (Wildman–Crippen MR) is 150 cm³/mol. The quantitative estimate of drug-likeness (QED) is 0.343. The van der Waals surface area contributed by atoms with Gasteiger partial charge in [0.05, 0.1) is 26.5 Å². The number of halogens is 1. The minimum absolute atomic E-state index is 0.146. The number of hydrogen-bond acceptors (Lipinski definition) is 5. The third-order valence-electron chi connectivity index (χ3n) is 7.07. The van der Waals surface area contributed by atoms with Crippen LogP contribution in [0.15, 0.2) is 72.8 Å². The Bertz CT molecular complexity index is 1550. The van der Waals surface area contributed by atoms with E-state index in [1.54, 1.807) is 44.0 Å². The van der Waals surface area contributed by atoms with Crippen LogP contribution in [-0.4, -0.2) is 41.4 Å². The SMILES string of the molecule is COc1ccc(-c2cc3n(n2)C[C@](C)(C(=O)NCc2ccccc2OC)N(c2ccc(C)c(Cl)c2)C3=O)cc1. The van der Waals surface area contributed by atoms with E-state index in [2.05, 4.69) is 5.32 Å². The molecule has 0 fully saturated rings. The molecule has 2 amide bonds. The van der Waals surface area contributed by atoms with Crippen molar-refractivity contribution >= 4 is 29.1 Å². The van der Waals surface area contributed by atoms with Crippen molar-refractivity contribution in [1.82, 2.24) is 15.1 Å². The Morgan fingerprint density at radius 2 is 1.79 bits per heavy atom. The van der Waals surface area contributed by atoms with E-state index in [9.17, 15) is 9.59 Å². The van der Waals surface area contributed by atoms with E-state index in [-0.39, 0.29) is 24.9 Å². The van der Waals surface area contributed by atoms with Crippen LogP contribution in [0.4, 0.5) is 5.69 Å². The molecule has 0 bridgehead atoms. The van der Waals surface area contributed by atoms with E-state index in [1.165, 1.54) is 4.90 Å². The van der Waals surface area contributed by atoms with Gasteiger partial charge in [0.2, 0.25) is 5.91 Å². The fourth-order valence-corrected chi connectivity index (χ4v) is 5.00. The highest BCUT2D eigenvalue weighted by Gasteiger charge is 2.49. The Morgan fingerprint density at radius 1 is 1.05 bits per heavy atom. The zero-order valence-corrected chi connectivity index (χ0v) is 23.0. The van der Waals surface area contributed by atoms with Crippen LogP contribution < -0.4 is 19.7 Å². The molecule has 3 aromatic carbocycles. The number of benzene rings is 3. The monoisotopic (exact) mass is 544 g/mol. The Hall–Kier alpha value is -4.30. The lowest BCUT2D eigenvalue weighted by molar-refractivity contribution is -0.126. The first-order valence-corrected chi connectivity index (χ1v) is 12.9. The van der Waals surface area contributed by atoms with Crippen LogP contribution in [0.1, 0.15) is 28.5 Å². The summed E-state index contributed by atoms with van der Waals surface area (Å²) in [4.78, 5) is 29.5. The lowest BCUT2D eigenvalue weighted by Gasteiger charge is -2.43. The molecule has 0 radical (unpaired) electrons. The zero-order chi connectivity index (χ0) is 27.7. The molecular formula is C30H29ClN4O4. The van der Waals surface area contributed by atoms with Crippen molar-refractivity contribution in [2.24, 2.45) is 0 Å². The Labute approximate surface area is 232 Å². The molecule has 0 unspecified atom stereocenters. The van der Waals surface area contributed by atoms with Crippen molar-refractivity contribution in [2.75, 3.05) is 19.1 Å². The molecule has 1 aliphatic heterocycles. The summed E-state index contributed by atoms with van der Waals surface area (Å²) >= 11 is 6.46. The molecule has 1 aliphatic rings. The minimum Gasteiger partial charge on any atom is -0.497 e. The van der Waals surface area contributed by atoms with Gasteiger partial charge in [-0.05, 0) is 67.9 Å². The average molecular weight is 545 g/mol. The van der Waals surface area contributed by atoms with Gasteiger partial charge in [-0.1, -0.05) is 35.9 Å². The number of anilines is 1. The average Bonchev–Trinajstić information content (AvgIpc) is 3.37. The van der Waals surface area contributed by atoms with Crippen molar-refractivity contribution < 1.29 is 19.1 Å². The number of nitrogens with zero attached hydrogens (tertiary/aromatic N) is 3. The number of carbonyl (C=O) groups excluding carboxylic acids is 2. The molecule has 1 N–H and O–H groups in total. The van der Waals surface area contributed by atoms with Crippen molar-refractivity contribution in [3.05, 3.63) is 94.6 Å². The van der Waals surface area contributed by atoms with Crippen LogP contribution in [0.25, 0.3) is 11.3 Å². The standard InChI is InChI=1S/C30H29ClN4O4/c1-19-9-12-22(15-24(19)31)35-28(36)26-16-25(20-10-13-23(38-3)14-11-20)33-34(26)18-30(35,2)29(37)32-17-21-7-5-6-8-27(21)39-4/h5-16H,17-18H2,1-4H3,(H,32,37)/t30-/m1/s1. The van der Waals surface area contributed by atoms with Crippen molar-refractivity contribution in [1.29, 1.82) is 0 Å². The van der Waals surface area contributed by atoms with Gasteiger partial charge in [0.1, 0.15) is 22.7 Å². The highest BCUT2D eigenvalue weighted by atomic mass is 35.5. The largest absolute Gasteiger partial charge is 0.497 e. The van der Waals surface area contributed by atoms with Gasteiger partial charge in [0, 0.05) is 28.4 Å². The second-order valence-electron chi connectivity index (χ2n) is 9.64. The summed E-state index contributed by atoms with van der Waals surface area (Å²) in [5.74, 6) is 0.720.